The minimum atomic E-state index is -0.516. The maximum Gasteiger partial charge on any atom is 0.274 e. The van der Waals surface area contributed by atoms with Gasteiger partial charge in [0, 0.05) is 17.6 Å². The summed E-state index contributed by atoms with van der Waals surface area (Å²) < 4.78 is 5.98. The van der Waals surface area contributed by atoms with Crippen LogP contribution in [0.2, 0.25) is 5.02 Å². The van der Waals surface area contributed by atoms with Crippen LogP contribution in [0.1, 0.15) is 0 Å². The average molecular weight is 360 g/mol. The van der Waals surface area contributed by atoms with E-state index in [1.165, 1.54) is 18.3 Å². The summed E-state index contributed by atoms with van der Waals surface area (Å²) in [6, 6.07) is 4.22. The van der Waals surface area contributed by atoms with Gasteiger partial charge in [0.15, 0.2) is 0 Å². The molecule has 1 aromatic heterocycles. The zero-order valence-corrected chi connectivity index (χ0v) is 12.5. The molecule has 20 heavy (non-hydrogen) atoms. The Hall–Kier alpha value is -1.93. The first-order chi connectivity index (χ1) is 9.49. The molecule has 0 amide bonds. The first-order valence-corrected chi connectivity index (χ1v) is 6.50. The van der Waals surface area contributed by atoms with E-state index < -0.39 is 4.92 Å². The van der Waals surface area contributed by atoms with Crippen molar-refractivity contribution < 1.29 is 9.66 Å². The van der Waals surface area contributed by atoms with Crippen LogP contribution >= 0.6 is 27.5 Å². The van der Waals surface area contributed by atoms with Crippen molar-refractivity contribution in [1.29, 1.82) is 0 Å². The zero-order valence-electron chi connectivity index (χ0n) is 10.1. The highest BCUT2D eigenvalue weighted by Crippen LogP contribution is 2.32. The fourth-order valence-corrected chi connectivity index (χ4v) is 1.96. The number of nitro groups is 1. The van der Waals surface area contributed by atoms with Crippen molar-refractivity contribution in [1.82, 2.24) is 9.97 Å². The van der Waals surface area contributed by atoms with Crippen molar-refractivity contribution in [3.05, 3.63) is 44.0 Å². The molecule has 2 aromatic rings. The Morgan fingerprint density at radius 1 is 1.45 bits per heavy atom. The summed E-state index contributed by atoms with van der Waals surface area (Å²) in [5.74, 6) is 0.682. The molecule has 1 aromatic carbocycles. The third-order valence-corrected chi connectivity index (χ3v) is 2.93. The van der Waals surface area contributed by atoms with Crippen LogP contribution < -0.4 is 10.1 Å². The molecule has 0 unspecified atom stereocenters. The number of ether oxygens (including phenoxy) is 1. The van der Waals surface area contributed by atoms with Crippen LogP contribution in [0.5, 0.6) is 11.6 Å². The Bertz CT molecular complexity index is 668. The quantitative estimate of drug-likeness (QED) is 0.662. The van der Waals surface area contributed by atoms with E-state index in [1.54, 1.807) is 13.1 Å². The Labute approximate surface area is 127 Å². The van der Waals surface area contributed by atoms with Crippen LogP contribution in [-0.2, 0) is 0 Å². The summed E-state index contributed by atoms with van der Waals surface area (Å²) in [6.07, 6.45) is 1.38. The van der Waals surface area contributed by atoms with Gasteiger partial charge < -0.3 is 10.1 Å². The number of non-ortho nitro benzene ring substituents is 1. The van der Waals surface area contributed by atoms with Crippen LogP contribution in [0.25, 0.3) is 0 Å². The Balaban J connectivity index is 2.36. The molecular formula is C11H8BrClN4O3. The molecule has 0 spiro atoms. The van der Waals surface area contributed by atoms with Gasteiger partial charge in [0.2, 0.25) is 11.8 Å². The molecule has 2 rings (SSSR count). The van der Waals surface area contributed by atoms with Gasteiger partial charge in [0.05, 0.1) is 17.2 Å². The number of halogens is 2. The second-order valence-corrected chi connectivity index (χ2v) is 4.92. The van der Waals surface area contributed by atoms with Gasteiger partial charge in [-0.05, 0) is 6.07 Å². The molecular weight excluding hydrogens is 352 g/mol. The van der Waals surface area contributed by atoms with Gasteiger partial charge in [-0.2, -0.15) is 4.98 Å². The third kappa shape index (κ3) is 3.34. The Morgan fingerprint density at radius 2 is 2.20 bits per heavy atom. The number of anilines is 1. The molecule has 0 aliphatic heterocycles. The molecule has 0 saturated carbocycles. The lowest BCUT2D eigenvalue weighted by molar-refractivity contribution is -0.385. The number of nitrogens with one attached hydrogen (secondary N) is 1. The van der Waals surface area contributed by atoms with Crippen molar-refractivity contribution in [3.8, 4) is 11.6 Å². The number of nitro benzene ring substituents is 1. The summed E-state index contributed by atoms with van der Waals surface area (Å²) in [7, 11) is 1.65. The van der Waals surface area contributed by atoms with E-state index in [2.05, 4.69) is 31.2 Å². The molecule has 7 nitrogen and oxygen atoms in total. The number of aromatic nitrogens is 2. The Morgan fingerprint density at radius 3 is 2.85 bits per heavy atom. The molecule has 104 valence electrons. The van der Waals surface area contributed by atoms with E-state index in [0.717, 1.165) is 0 Å². The molecule has 0 fully saturated rings. The van der Waals surface area contributed by atoms with Crippen molar-refractivity contribution >= 4 is 39.2 Å². The highest BCUT2D eigenvalue weighted by molar-refractivity contribution is 9.10. The van der Waals surface area contributed by atoms with Crippen LogP contribution in [0.3, 0.4) is 0 Å². The number of nitrogens with zero attached hydrogens (tertiary/aromatic N) is 3. The lowest BCUT2D eigenvalue weighted by Crippen LogP contribution is -1.98. The molecule has 0 saturated heterocycles. The minimum absolute atomic E-state index is 0.103. The fourth-order valence-electron chi connectivity index (χ4n) is 1.37. The number of rotatable bonds is 4. The van der Waals surface area contributed by atoms with Crippen LogP contribution in [0, 0.1) is 10.1 Å². The van der Waals surface area contributed by atoms with Crippen LogP contribution in [0.15, 0.2) is 28.9 Å². The van der Waals surface area contributed by atoms with Crippen LogP contribution in [0.4, 0.5) is 11.6 Å². The lowest BCUT2D eigenvalue weighted by atomic mass is 10.3. The summed E-state index contributed by atoms with van der Waals surface area (Å²) in [4.78, 5) is 18.2. The highest BCUT2D eigenvalue weighted by Gasteiger charge is 2.13. The molecule has 1 heterocycles. The summed E-state index contributed by atoms with van der Waals surface area (Å²) in [5, 5.41) is 13.7. The van der Waals surface area contributed by atoms with Gasteiger partial charge in [-0.1, -0.05) is 27.5 Å². The molecule has 0 aliphatic rings. The van der Waals surface area contributed by atoms with Crippen molar-refractivity contribution in [2.24, 2.45) is 0 Å². The van der Waals surface area contributed by atoms with E-state index in [1.807, 2.05) is 0 Å². The van der Waals surface area contributed by atoms with E-state index in [9.17, 15) is 10.1 Å². The van der Waals surface area contributed by atoms with E-state index in [-0.39, 0.29) is 22.3 Å². The molecule has 0 aliphatic carbocycles. The van der Waals surface area contributed by atoms with E-state index in [0.29, 0.717) is 10.4 Å². The smallest absolute Gasteiger partial charge is 0.274 e. The van der Waals surface area contributed by atoms with Gasteiger partial charge in [-0.3, -0.25) is 10.1 Å². The monoisotopic (exact) mass is 358 g/mol. The zero-order chi connectivity index (χ0) is 14.7. The second kappa shape index (κ2) is 6.02. The summed E-state index contributed by atoms with van der Waals surface area (Å²) in [5.41, 5.74) is -0.103. The highest BCUT2D eigenvalue weighted by atomic mass is 79.9. The molecule has 0 atom stereocenters. The first kappa shape index (κ1) is 14.5. The SMILES string of the molecule is CNc1ncc(Cl)c(Oc2cc(Br)cc([N+](=O)[O-])c2)n1. The largest absolute Gasteiger partial charge is 0.437 e. The topological polar surface area (TPSA) is 90.2 Å². The number of hydrogen-bond donors (Lipinski definition) is 1. The average Bonchev–Trinajstić information content (AvgIpc) is 2.40. The molecule has 0 bridgehead atoms. The van der Waals surface area contributed by atoms with Gasteiger partial charge in [-0.15, -0.1) is 0 Å². The van der Waals surface area contributed by atoms with Gasteiger partial charge in [-0.25, -0.2) is 4.98 Å². The van der Waals surface area contributed by atoms with E-state index >= 15 is 0 Å². The van der Waals surface area contributed by atoms with E-state index in [4.69, 9.17) is 16.3 Å². The predicted molar refractivity (Wildman–Crippen MR) is 77.5 cm³/mol. The van der Waals surface area contributed by atoms with Gasteiger partial charge in [0.25, 0.3) is 5.69 Å². The maximum absolute atomic E-state index is 10.8. The van der Waals surface area contributed by atoms with Crippen molar-refractivity contribution in [2.75, 3.05) is 12.4 Å². The first-order valence-electron chi connectivity index (χ1n) is 5.32. The predicted octanol–water partition coefficient (Wildman–Crippen LogP) is 3.63. The van der Waals surface area contributed by atoms with Gasteiger partial charge >= 0.3 is 0 Å². The standard InChI is InChI=1S/C11H8BrClN4O3/c1-14-11-15-5-9(13)10(16-11)20-8-3-6(12)2-7(4-8)17(18)19/h2-5H,1H3,(H,14,15,16). The summed E-state index contributed by atoms with van der Waals surface area (Å²) in [6.45, 7) is 0. The summed E-state index contributed by atoms with van der Waals surface area (Å²) >= 11 is 9.10. The van der Waals surface area contributed by atoms with Crippen LogP contribution in [-0.4, -0.2) is 21.9 Å². The van der Waals surface area contributed by atoms with Crippen molar-refractivity contribution in [2.45, 2.75) is 0 Å². The number of benzene rings is 1. The molecule has 9 heteroatoms. The minimum Gasteiger partial charge on any atom is -0.437 e. The normalized spacial score (nSPS) is 10.2. The Kier molecular flexibility index (Phi) is 4.35. The van der Waals surface area contributed by atoms with Gasteiger partial charge in [0.1, 0.15) is 10.8 Å². The second-order valence-electron chi connectivity index (χ2n) is 3.60. The maximum atomic E-state index is 10.8. The van der Waals surface area contributed by atoms with Crippen molar-refractivity contribution in [3.63, 3.8) is 0 Å². The third-order valence-electron chi connectivity index (χ3n) is 2.22. The number of hydrogen-bond acceptors (Lipinski definition) is 6. The lowest BCUT2D eigenvalue weighted by Gasteiger charge is -2.08. The fraction of sp³-hybridized carbons (Fsp3) is 0.0909. The molecule has 1 N–H and O–H groups in total. The molecule has 0 radical (unpaired) electrons.